The topological polar surface area (TPSA) is 84.5 Å². The Morgan fingerprint density at radius 3 is 2.80 bits per heavy atom. The number of nitrogens with two attached hydrogens (primary N) is 1. The van der Waals surface area contributed by atoms with Gasteiger partial charge in [-0.1, -0.05) is 25.5 Å². The summed E-state index contributed by atoms with van der Waals surface area (Å²) in [5.41, 5.74) is 6.12. The molecular formula is C14H16FN3O2. The number of aliphatic imine (C=N–C) groups is 1. The van der Waals surface area contributed by atoms with Crippen molar-refractivity contribution in [3.8, 4) is 0 Å². The highest BCUT2D eigenvalue weighted by molar-refractivity contribution is 6.20. The fourth-order valence-electron chi connectivity index (χ4n) is 2.13. The molecule has 0 saturated carbocycles. The van der Waals surface area contributed by atoms with Gasteiger partial charge in [-0.05, 0) is 24.1 Å². The number of rotatable bonds is 4. The Balaban J connectivity index is 2.27. The van der Waals surface area contributed by atoms with Crippen molar-refractivity contribution in [2.75, 3.05) is 0 Å². The Morgan fingerprint density at radius 2 is 2.20 bits per heavy atom. The molecule has 0 bridgehead atoms. The first kappa shape index (κ1) is 14.3. The second-order valence-corrected chi connectivity index (χ2v) is 4.71. The number of nitrogens with zero attached hydrogens (tertiary/aromatic N) is 1. The number of amidine groups is 1. The van der Waals surface area contributed by atoms with Crippen LogP contribution in [0.3, 0.4) is 0 Å². The van der Waals surface area contributed by atoms with E-state index in [1.807, 2.05) is 6.92 Å². The van der Waals surface area contributed by atoms with Crippen LogP contribution in [0.1, 0.15) is 31.2 Å². The normalized spacial score (nSPS) is 20.4. The predicted molar refractivity (Wildman–Crippen MR) is 72.6 cm³/mol. The molecular weight excluding hydrogens is 261 g/mol. The van der Waals surface area contributed by atoms with E-state index in [0.29, 0.717) is 12.0 Å². The van der Waals surface area contributed by atoms with Crippen LogP contribution in [0.4, 0.5) is 4.39 Å². The maximum atomic E-state index is 13.2. The van der Waals surface area contributed by atoms with Gasteiger partial charge < -0.3 is 11.1 Å². The molecule has 2 amide bonds. The van der Waals surface area contributed by atoms with E-state index in [-0.39, 0.29) is 5.84 Å². The summed E-state index contributed by atoms with van der Waals surface area (Å²) in [4.78, 5) is 27.9. The first-order valence-electron chi connectivity index (χ1n) is 6.47. The Bertz CT molecular complexity index is 571. The van der Waals surface area contributed by atoms with E-state index in [1.165, 1.54) is 18.2 Å². The zero-order valence-electron chi connectivity index (χ0n) is 11.1. The molecule has 6 heteroatoms. The lowest BCUT2D eigenvalue weighted by Crippen LogP contribution is -2.50. The zero-order chi connectivity index (χ0) is 14.7. The van der Waals surface area contributed by atoms with Gasteiger partial charge in [0.2, 0.25) is 5.91 Å². The van der Waals surface area contributed by atoms with Crippen LogP contribution in [-0.4, -0.2) is 23.7 Å². The lowest BCUT2D eigenvalue weighted by molar-refractivity contribution is -0.129. The van der Waals surface area contributed by atoms with Gasteiger partial charge in [0.25, 0.3) is 5.91 Å². The molecule has 2 atom stereocenters. The van der Waals surface area contributed by atoms with Gasteiger partial charge in [0.15, 0.2) is 0 Å². The first-order valence-corrected chi connectivity index (χ1v) is 6.47. The van der Waals surface area contributed by atoms with Gasteiger partial charge in [-0.3, -0.25) is 9.59 Å². The molecule has 1 aromatic carbocycles. The summed E-state index contributed by atoms with van der Waals surface area (Å²) in [6, 6.07) is 4.92. The zero-order valence-corrected chi connectivity index (χ0v) is 11.1. The average molecular weight is 277 g/mol. The molecule has 2 unspecified atom stereocenters. The summed E-state index contributed by atoms with van der Waals surface area (Å²) in [7, 11) is 0. The molecule has 20 heavy (non-hydrogen) atoms. The third-order valence-electron chi connectivity index (χ3n) is 3.12. The van der Waals surface area contributed by atoms with Gasteiger partial charge in [-0.15, -0.1) is 0 Å². The number of carbonyl (C=O) groups is 2. The molecule has 106 valence electrons. The highest BCUT2D eigenvalue weighted by Crippen LogP contribution is 2.21. The van der Waals surface area contributed by atoms with Crippen molar-refractivity contribution in [3.63, 3.8) is 0 Å². The monoisotopic (exact) mass is 277 g/mol. The highest BCUT2D eigenvalue weighted by atomic mass is 19.1. The summed E-state index contributed by atoms with van der Waals surface area (Å²) in [5, 5.41) is 2.54. The Labute approximate surface area is 116 Å². The molecule has 1 heterocycles. The van der Waals surface area contributed by atoms with E-state index in [4.69, 9.17) is 5.73 Å². The summed E-state index contributed by atoms with van der Waals surface area (Å²) in [6.45, 7) is 1.95. The number of benzene rings is 1. The predicted octanol–water partition coefficient (Wildman–Crippen LogP) is 1.09. The third-order valence-corrected chi connectivity index (χ3v) is 3.12. The molecule has 2 rings (SSSR count). The minimum Gasteiger partial charge on any atom is -0.321 e. The number of hydrogen-bond donors (Lipinski definition) is 2. The van der Waals surface area contributed by atoms with E-state index < -0.39 is 29.6 Å². The Hall–Kier alpha value is -2.08. The number of carbonyl (C=O) groups excluding carboxylic acids is 2. The first-order chi connectivity index (χ1) is 9.52. The maximum absolute atomic E-state index is 13.2. The van der Waals surface area contributed by atoms with Crippen LogP contribution in [0.5, 0.6) is 0 Å². The number of nitrogens with one attached hydrogen (secondary N) is 1. The summed E-state index contributed by atoms with van der Waals surface area (Å²) < 4.78 is 13.2. The highest BCUT2D eigenvalue weighted by Gasteiger charge is 2.34. The van der Waals surface area contributed by atoms with Crippen molar-refractivity contribution >= 4 is 17.6 Å². The largest absolute Gasteiger partial charge is 0.321 e. The summed E-state index contributed by atoms with van der Waals surface area (Å²) in [5.74, 6) is -2.55. The van der Waals surface area contributed by atoms with E-state index >= 15 is 0 Å². The van der Waals surface area contributed by atoms with Crippen LogP contribution in [-0.2, 0) is 9.59 Å². The van der Waals surface area contributed by atoms with Gasteiger partial charge in [-0.2, -0.15) is 4.99 Å². The van der Waals surface area contributed by atoms with E-state index in [0.717, 1.165) is 12.5 Å². The second kappa shape index (κ2) is 5.92. The molecule has 0 aliphatic carbocycles. The van der Waals surface area contributed by atoms with Crippen molar-refractivity contribution in [1.82, 2.24) is 5.32 Å². The van der Waals surface area contributed by atoms with E-state index in [9.17, 15) is 14.0 Å². The Morgan fingerprint density at radius 1 is 1.45 bits per heavy atom. The standard InChI is InChI=1S/C14H16FN3O2/c1-2-4-10(16)12-17-13(19)11(14(20)18-12)8-5-3-6-9(15)7-8/h3,5-7,10-11H,2,4,16H2,1H3,(H,17,18,19,20). The smallest absolute Gasteiger partial charge is 0.264 e. The maximum Gasteiger partial charge on any atom is 0.264 e. The van der Waals surface area contributed by atoms with Crippen LogP contribution in [0.2, 0.25) is 0 Å². The third kappa shape index (κ3) is 2.91. The second-order valence-electron chi connectivity index (χ2n) is 4.71. The van der Waals surface area contributed by atoms with Gasteiger partial charge in [0, 0.05) is 0 Å². The van der Waals surface area contributed by atoms with Crippen LogP contribution in [0.15, 0.2) is 29.3 Å². The van der Waals surface area contributed by atoms with Gasteiger partial charge in [-0.25, -0.2) is 4.39 Å². The number of halogens is 1. The SMILES string of the molecule is CCCC(N)C1=NC(=O)C(c2cccc(F)c2)C(=O)N1. The fourth-order valence-corrected chi connectivity index (χ4v) is 2.13. The molecule has 1 aliphatic rings. The quantitative estimate of drug-likeness (QED) is 0.808. The molecule has 3 N–H and O–H groups in total. The Kier molecular flexibility index (Phi) is 4.24. The molecule has 0 aromatic heterocycles. The minimum absolute atomic E-state index is 0.189. The number of hydrogen-bond acceptors (Lipinski definition) is 3. The van der Waals surface area contributed by atoms with Crippen LogP contribution >= 0.6 is 0 Å². The lowest BCUT2D eigenvalue weighted by Gasteiger charge is -2.23. The fraction of sp³-hybridized carbons (Fsp3) is 0.357. The van der Waals surface area contributed by atoms with Crippen molar-refractivity contribution < 1.29 is 14.0 Å². The number of amides is 2. The molecule has 0 spiro atoms. The van der Waals surface area contributed by atoms with Crippen LogP contribution in [0, 0.1) is 5.82 Å². The van der Waals surface area contributed by atoms with Gasteiger partial charge in [0.1, 0.15) is 17.6 Å². The lowest BCUT2D eigenvalue weighted by atomic mass is 9.95. The van der Waals surface area contributed by atoms with Gasteiger partial charge in [0.05, 0.1) is 6.04 Å². The van der Waals surface area contributed by atoms with Gasteiger partial charge >= 0.3 is 0 Å². The van der Waals surface area contributed by atoms with Crippen molar-refractivity contribution in [2.45, 2.75) is 31.7 Å². The molecule has 0 saturated heterocycles. The van der Waals surface area contributed by atoms with E-state index in [2.05, 4.69) is 10.3 Å². The molecule has 1 aliphatic heterocycles. The van der Waals surface area contributed by atoms with Crippen LogP contribution in [0.25, 0.3) is 0 Å². The molecule has 1 aromatic rings. The van der Waals surface area contributed by atoms with Crippen LogP contribution < -0.4 is 11.1 Å². The average Bonchev–Trinajstić information content (AvgIpc) is 2.38. The molecule has 0 radical (unpaired) electrons. The van der Waals surface area contributed by atoms with E-state index in [1.54, 1.807) is 0 Å². The van der Waals surface area contributed by atoms with Crippen molar-refractivity contribution in [3.05, 3.63) is 35.6 Å². The molecule has 5 nitrogen and oxygen atoms in total. The summed E-state index contributed by atoms with van der Waals surface area (Å²) >= 11 is 0. The minimum atomic E-state index is -1.11. The van der Waals surface area contributed by atoms with Crippen molar-refractivity contribution in [2.24, 2.45) is 10.7 Å². The molecule has 0 fully saturated rings. The van der Waals surface area contributed by atoms with Crippen molar-refractivity contribution in [1.29, 1.82) is 0 Å². The summed E-state index contributed by atoms with van der Waals surface area (Å²) in [6.07, 6.45) is 1.44.